The Morgan fingerprint density at radius 3 is 0.777 bits per heavy atom. The van der Waals surface area contributed by atoms with Gasteiger partial charge in [-0.05, 0) is 109 Å². The molecule has 8 heteroatoms. The maximum atomic E-state index is 12.2. The molecular formula is C86H50N8. The topological polar surface area (TPSA) is 77.2 Å². The lowest BCUT2D eigenvalue weighted by molar-refractivity contribution is 1.09. The summed E-state index contributed by atoms with van der Waals surface area (Å²) >= 11 is 0. The smallest absolute Gasteiger partial charge is 0.0999 e. The zero-order chi connectivity index (χ0) is 61.9. The van der Waals surface area contributed by atoms with Gasteiger partial charge in [0.1, 0.15) is 0 Å². The molecule has 20 rings (SSSR count). The maximum Gasteiger partial charge on any atom is 0.0999 e. The van der Waals surface area contributed by atoms with Crippen LogP contribution in [-0.2, 0) is 0 Å². The molecule has 0 aliphatic carbocycles. The first-order valence-electron chi connectivity index (χ1n) is 31.8. The average Bonchev–Trinajstić information content (AvgIpc) is 1.58. The molecule has 14 aromatic carbocycles. The molecule has 0 amide bonds. The van der Waals surface area contributed by atoms with Crippen molar-refractivity contribution in [2.45, 2.75) is 0 Å². The Labute approximate surface area is 537 Å². The maximum absolute atomic E-state index is 12.2. The van der Waals surface area contributed by atoms with E-state index in [0.717, 1.165) is 165 Å². The highest BCUT2D eigenvalue weighted by molar-refractivity contribution is 6.28. The molecule has 8 nitrogen and oxygen atoms in total. The number of aromatic nitrogens is 6. The van der Waals surface area contributed by atoms with Gasteiger partial charge in [0.2, 0.25) is 0 Å². The second-order valence-electron chi connectivity index (χ2n) is 24.5. The van der Waals surface area contributed by atoms with Crippen LogP contribution in [0.2, 0.25) is 0 Å². The molecule has 0 atom stereocenters. The predicted molar refractivity (Wildman–Crippen MR) is 387 cm³/mol. The Morgan fingerprint density at radius 2 is 0.457 bits per heavy atom. The van der Waals surface area contributed by atoms with Crippen LogP contribution in [-0.4, -0.2) is 27.4 Å². The van der Waals surface area contributed by atoms with Gasteiger partial charge in [0.15, 0.2) is 0 Å². The fourth-order valence-electron chi connectivity index (χ4n) is 16.1. The van der Waals surface area contributed by atoms with E-state index in [2.05, 4.69) is 343 Å². The first-order chi connectivity index (χ1) is 46.6. The SMILES string of the molecule is N#Cc1cc(-n2c3ccccc3c3ccc4c(c5ccccc5n4-c4ccccc4)c32)c(-n2c3ccccc3c3ccccc32)cc1-c1cc(-n2c3ccccc3c3ccccc32)c(-n2c3ccccc3c3ccc4c(c5ccccc5n4-c4ccccc4)c32)cc1C#N. The molecule has 434 valence electrons. The van der Waals surface area contributed by atoms with E-state index in [0.29, 0.717) is 22.3 Å². The van der Waals surface area contributed by atoms with Gasteiger partial charge in [-0.2, -0.15) is 10.5 Å². The average molecular weight is 1200 g/mol. The number of benzene rings is 14. The van der Waals surface area contributed by atoms with Crippen molar-refractivity contribution in [1.29, 1.82) is 10.5 Å². The van der Waals surface area contributed by atoms with E-state index >= 15 is 0 Å². The number of para-hydroxylation sites is 10. The van der Waals surface area contributed by atoms with Gasteiger partial charge in [-0.3, -0.25) is 0 Å². The lowest BCUT2D eigenvalue weighted by Crippen LogP contribution is -2.08. The summed E-state index contributed by atoms with van der Waals surface area (Å²) in [5, 5.41) is 37.6. The van der Waals surface area contributed by atoms with Gasteiger partial charge in [0, 0.05) is 87.1 Å². The highest BCUT2D eigenvalue weighted by Gasteiger charge is 2.30. The van der Waals surface area contributed by atoms with Crippen molar-refractivity contribution in [2.75, 3.05) is 0 Å². The van der Waals surface area contributed by atoms with Crippen molar-refractivity contribution in [3.05, 3.63) is 314 Å². The van der Waals surface area contributed by atoms with Crippen LogP contribution in [0, 0.1) is 22.7 Å². The fourth-order valence-corrected chi connectivity index (χ4v) is 16.1. The summed E-state index contributed by atoms with van der Waals surface area (Å²) in [6, 6.07) is 114. The Balaban J connectivity index is 0.950. The standard InChI is InChI=1S/C86H50N8/c87-51-53-47-79(93-73-39-19-11-31-61(73)63-43-45-77-83(85(63)93)65-33-13-21-41-75(65)89(77)55-23-3-1-4-24-55)81(91-69-35-15-7-27-57(69)58-28-8-16-36-70(58)91)49-67(53)68-50-82(92-71-37-17-9-29-59(71)60-30-10-18-38-72(60)92)80(48-54(68)52-88)94-74-40-20-12-32-62(74)64-44-46-78-84(86(64)94)66-34-14-22-42-76(66)90(78)56-25-5-2-6-26-56/h1-50H. The fraction of sp³-hybridized carbons (Fsp3) is 0. The minimum absolute atomic E-state index is 0.425. The number of nitriles is 2. The Kier molecular flexibility index (Phi) is 10.8. The molecule has 0 aliphatic rings. The van der Waals surface area contributed by atoms with Crippen LogP contribution in [0.4, 0.5) is 0 Å². The predicted octanol–water partition coefficient (Wildman–Crippen LogP) is 21.7. The molecule has 0 fully saturated rings. The van der Waals surface area contributed by atoms with Gasteiger partial charge >= 0.3 is 0 Å². The zero-order valence-corrected chi connectivity index (χ0v) is 50.4. The molecule has 0 spiro atoms. The summed E-state index contributed by atoms with van der Waals surface area (Å²) in [5.74, 6) is 0. The van der Waals surface area contributed by atoms with Gasteiger partial charge < -0.3 is 27.4 Å². The van der Waals surface area contributed by atoms with E-state index in [-0.39, 0.29) is 0 Å². The molecule has 6 aromatic heterocycles. The van der Waals surface area contributed by atoms with E-state index in [1.54, 1.807) is 0 Å². The summed E-state index contributed by atoms with van der Waals surface area (Å²) in [6.45, 7) is 0. The van der Waals surface area contributed by atoms with Crippen molar-refractivity contribution in [1.82, 2.24) is 27.4 Å². The third-order valence-corrected chi connectivity index (χ3v) is 19.9. The summed E-state index contributed by atoms with van der Waals surface area (Å²) < 4.78 is 14.3. The number of rotatable bonds is 7. The van der Waals surface area contributed by atoms with Crippen LogP contribution >= 0.6 is 0 Å². The van der Waals surface area contributed by atoms with E-state index in [4.69, 9.17) is 0 Å². The van der Waals surface area contributed by atoms with Crippen molar-refractivity contribution in [2.24, 2.45) is 0 Å². The summed E-state index contributed by atoms with van der Waals surface area (Å²) in [6.07, 6.45) is 0. The van der Waals surface area contributed by atoms with Gasteiger partial charge in [0.25, 0.3) is 0 Å². The normalized spacial score (nSPS) is 12.0. The Hall–Kier alpha value is -13.1. The van der Waals surface area contributed by atoms with Crippen molar-refractivity contribution in [3.63, 3.8) is 0 Å². The minimum atomic E-state index is 0.425. The van der Waals surface area contributed by atoms with Gasteiger partial charge in [-0.15, -0.1) is 0 Å². The van der Waals surface area contributed by atoms with Gasteiger partial charge in [-0.1, -0.05) is 194 Å². The molecule has 0 saturated heterocycles. The lowest BCUT2D eigenvalue weighted by atomic mass is 9.93. The molecule has 0 unspecified atom stereocenters. The summed E-state index contributed by atoms with van der Waals surface area (Å²) in [7, 11) is 0. The number of fused-ring (bicyclic) bond motifs is 20. The third-order valence-electron chi connectivity index (χ3n) is 19.9. The Bertz CT molecular complexity index is 6230. The molecular weight excluding hydrogens is 1150 g/mol. The second-order valence-corrected chi connectivity index (χ2v) is 24.5. The first kappa shape index (κ1) is 51.7. The van der Waals surface area contributed by atoms with Crippen LogP contribution in [0.5, 0.6) is 0 Å². The van der Waals surface area contributed by atoms with Crippen LogP contribution in [0.1, 0.15) is 11.1 Å². The first-order valence-corrected chi connectivity index (χ1v) is 31.8. The van der Waals surface area contributed by atoms with Gasteiger partial charge in [0.05, 0.1) is 112 Å². The minimum Gasteiger partial charge on any atom is -0.309 e. The molecule has 0 saturated carbocycles. The molecule has 6 heterocycles. The molecule has 0 bridgehead atoms. The highest BCUT2D eigenvalue weighted by Crippen LogP contribution is 2.49. The monoisotopic (exact) mass is 1190 g/mol. The van der Waals surface area contributed by atoms with E-state index in [9.17, 15) is 10.5 Å². The number of hydrogen-bond donors (Lipinski definition) is 0. The number of nitrogens with zero attached hydrogens (tertiary/aromatic N) is 8. The van der Waals surface area contributed by atoms with Crippen molar-refractivity contribution in [3.8, 4) is 57.4 Å². The molecule has 20 aromatic rings. The largest absolute Gasteiger partial charge is 0.309 e. The Morgan fingerprint density at radius 1 is 0.202 bits per heavy atom. The van der Waals surface area contributed by atoms with Gasteiger partial charge in [-0.25, -0.2) is 0 Å². The lowest BCUT2D eigenvalue weighted by Gasteiger charge is -2.22. The molecule has 0 radical (unpaired) electrons. The third kappa shape index (κ3) is 7.03. The van der Waals surface area contributed by atoms with Crippen LogP contribution in [0.15, 0.2) is 303 Å². The summed E-state index contributed by atoms with van der Waals surface area (Å²) in [4.78, 5) is 0. The van der Waals surface area contributed by atoms with Crippen LogP contribution < -0.4 is 0 Å². The van der Waals surface area contributed by atoms with E-state index in [1.165, 1.54) is 0 Å². The molecule has 0 N–H and O–H groups in total. The second kappa shape index (κ2) is 19.7. The van der Waals surface area contributed by atoms with Crippen molar-refractivity contribution >= 4 is 131 Å². The van der Waals surface area contributed by atoms with E-state index in [1.807, 2.05) is 0 Å². The van der Waals surface area contributed by atoms with E-state index < -0.39 is 0 Å². The number of hydrogen-bond acceptors (Lipinski definition) is 2. The molecule has 94 heavy (non-hydrogen) atoms. The van der Waals surface area contributed by atoms with Crippen LogP contribution in [0.25, 0.3) is 176 Å². The van der Waals surface area contributed by atoms with Crippen LogP contribution in [0.3, 0.4) is 0 Å². The highest BCUT2D eigenvalue weighted by atomic mass is 15.1. The van der Waals surface area contributed by atoms with Crippen molar-refractivity contribution < 1.29 is 0 Å². The quantitative estimate of drug-likeness (QED) is 0.159. The molecule has 0 aliphatic heterocycles. The summed E-state index contributed by atoms with van der Waals surface area (Å²) in [5.41, 5.74) is 20.1. The zero-order valence-electron chi connectivity index (χ0n) is 50.4.